The van der Waals surface area contributed by atoms with Crippen LogP contribution in [0.2, 0.25) is 0 Å². The number of primary amides is 1. The van der Waals surface area contributed by atoms with Gasteiger partial charge in [-0.25, -0.2) is 9.59 Å². The van der Waals surface area contributed by atoms with E-state index in [1.165, 1.54) is 19.1 Å². The molecule has 0 radical (unpaired) electrons. The molecule has 4 aliphatic rings. The topological polar surface area (TPSA) is 235 Å². The molecule has 3 aromatic carbocycles. The molecule has 0 spiro atoms. The number of amides is 1. The van der Waals surface area contributed by atoms with E-state index < -0.39 is 107 Å². The average Bonchev–Trinajstić information content (AvgIpc) is 3.22. The first kappa shape index (κ1) is 44.3. The fraction of sp³-hybridized carbons (Fsp3) is 0.447. The van der Waals surface area contributed by atoms with E-state index in [-0.39, 0.29) is 41.7 Å². The molecular formula is C47H51NO14. The van der Waals surface area contributed by atoms with Crippen molar-refractivity contribution in [2.45, 2.75) is 109 Å². The Morgan fingerprint density at radius 3 is 2.11 bits per heavy atom. The molecule has 1 heterocycles. The Morgan fingerprint density at radius 1 is 0.871 bits per heavy atom. The third-order valence-corrected chi connectivity index (χ3v) is 13.6. The van der Waals surface area contributed by atoms with E-state index in [2.05, 4.69) is 0 Å². The predicted octanol–water partition coefficient (Wildman–Crippen LogP) is 3.57. The van der Waals surface area contributed by atoms with Gasteiger partial charge in [-0.1, -0.05) is 74.5 Å². The van der Waals surface area contributed by atoms with Gasteiger partial charge >= 0.3 is 23.9 Å². The minimum Gasteiger partial charge on any atom is -0.456 e. The number of fused-ring (bicyclic) bond motifs is 5. The number of carbonyl (C=O) groups is 6. The van der Waals surface area contributed by atoms with Crippen LogP contribution >= 0.6 is 0 Å². The molecule has 1 saturated heterocycles. The number of rotatable bonds is 10. The molecule has 0 unspecified atom stereocenters. The molecule has 1 aliphatic heterocycles. The highest BCUT2D eigenvalue weighted by Crippen LogP contribution is 2.64. The molecule has 3 fully saturated rings. The van der Waals surface area contributed by atoms with Crippen molar-refractivity contribution in [3.8, 4) is 11.1 Å². The van der Waals surface area contributed by atoms with Crippen LogP contribution < -0.4 is 5.73 Å². The summed E-state index contributed by atoms with van der Waals surface area (Å²) in [7, 11) is 0. The van der Waals surface area contributed by atoms with Gasteiger partial charge in [-0.15, -0.1) is 0 Å². The summed E-state index contributed by atoms with van der Waals surface area (Å²) in [5.74, 6) is -6.75. The zero-order valence-electron chi connectivity index (χ0n) is 35.3. The maximum absolute atomic E-state index is 15.4. The number of esters is 4. The van der Waals surface area contributed by atoms with Gasteiger partial charge in [-0.3, -0.25) is 19.2 Å². The normalized spacial score (nSPS) is 31.4. The van der Waals surface area contributed by atoms with Crippen molar-refractivity contribution in [1.29, 1.82) is 0 Å². The van der Waals surface area contributed by atoms with Crippen molar-refractivity contribution in [3.05, 3.63) is 107 Å². The number of aliphatic hydroxyl groups is 3. The van der Waals surface area contributed by atoms with E-state index in [1.54, 1.807) is 87.5 Å². The van der Waals surface area contributed by atoms with Gasteiger partial charge in [0.2, 0.25) is 5.91 Å². The number of hydrogen-bond donors (Lipinski definition) is 4. The Balaban J connectivity index is 1.36. The van der Waals surface area contributed by atoms with E-state index in [1.807, 2.05) is 0 Å². The van der Waals surface area contributed by atoms with Crippen LogP contribution in [0.1, 0.15) is 80.7 Å². The largest absolute Gasteiger partial charge is 0.456 e. The summed E-state index contributed by atoms with van der Waals surface area (Å²) in [5.41, 5.74) is -0.104. The quantitative estimate of drug-likeness (QED) is 0.130. The molecule has 3 aliphatic carbocycles. The Labute approximate surface area is 358 Å². The third kappa shape index (κ3) is 7.10. The first-order valence-corrected chi connectivity index (χ1v) is 20.4. The number of nitrogens with two attached hydrogens (primary N) is 1. The van der Waals surface area contributed by atoms with Gasteiger partial charge in [-0.05, 0) is 59.9 Å². The van der Waals surface area contributed by atoms with Crippen molar-refractivity contribution < 1.29 is 67.8 Å². The average molecular weight is 854 g/mol. The first-order chi connectivity index (χ1) is 29.2. The van der Waals surface area contributed by atoms with Crippen molar-refractivity contribution in [1.82, 2.24) is 0 Å². The fourth-order valence-corrected chi connectivity index (χ4v) is 10.4. The molecule has 15 heteroatoms. The first-order valence-electron chi connectivity index (χ1n) is 20.4. The summed E-state index contributed by atoms with van der Waals surface area (Å²) in [6.07, 6.45) is -10.4. The van der Waals surface area contributed by atoms with Gasteiger partial charge in [0.25, 0.3) is 0 Å². The SMILES string of the molecule is CC(=O)O[C@H]1C(=O)[C@@]2(C)[C@H]([C@H](OC(=O)c3ccccc3)[C@]3(O)C[C@H](OC(=O)[C@H](O)Cc4ccccc4-c4ccccc4C(N)=O)C(C)=C1C3(C)C)[C@]1(OC(C)=O)CO[C@@H]1C[C@@H]2O. The van der Waals surface area contributed by atoms with Crippen LogP contribution in [0.5, 0.6) is 0 Å². The number of hydrogen-bond acceptors (Lipinski definition) is 14. The van der Waals surface area contributed by atoms with Crippen molar-refractivity contribution in [3.63, 3.8) is 0 Å². The molecule has 7 rings (SSSR count). The fourth-order valence-electron chi connectivity index (χ4n) is 10.4. The lowest BCUT2D eigenvalue weighted by Gasteiger charge is -2.67. The van der Waals surface area contributed by atoms with Crippen LogP contribution in [-0.4, -0.2) is 105 Å². The Kier molecular flexibility index (Phi) is 11.6. The summed E-state index contributed by atoms with van der Waals surface area (Å²) in [6.45, 7) is 8.04. The van der Waals surface area contributed by atoms with E-state index in [9.17, 15) is 39.3 Å². The number of ketones is 1. The monoisotopic (exact) mass is 853 g/mol. The zero-order valence-corrected chi connectivity index (χ0v) is 35.3. The second-order valence-corrected chi connectivity index (χ2v) is 17.5. The Hall–Kier alpha value is -5.74. The maximum atomic E-state index is 15.4. The van der Waals surface area contributed by atoms with Crippen molar-refractivity contribution >= 4 is 35.6 Å². The van der Waals surface area contributed by atoms with Crippen LogP contribution in [-0.2, 0) is 49.3 Å². The molecule has 2 bridgehead atoms. The van der Waals surface area contributed by atoms with Crippen LogP contribution in [0.15, 0.2) is 90.0 Å². The number of ether oxygens (including phenoxy) is 5. The molecule has 1 amide bonds. The maximum Gasteiger partial charge on any atom is 0.338 e. The third-order valence-electron chi connectivity index (χ3n) is 13.6. The van der Waals surface area contributed by atoms with Gasteiger partial charge in [0.1, 0.15) is 23.9 Å². The minimum atomic E-state index is -2.36. The lowest BCUT2D eigenvalue weighted by molar-refractivity contribution is -0.346. The minimum absolute atomic E-state index is 0.0216. The van der Waals surface area contributed by atoms with Gasteiger partial charge in [0, 0.05) is 44.1 Å². The molecule has 0 aromatic heterocycles. The second kappa shape index (κ2) is 16.2. The summed E-state index contributed by atoms with van der Waals surface area (Å²) < 4.78 is 30.2. The van der Waals surface area contributed by atoms with Gasteiger partial charge in [0.15, 0.2) is 23.6 Å². The molecule has 10 atom stereocenters. The Bertz CT molecular complexity index is 2360. The number of aliphatic hydroxyl groups excluding tert-OH is 2. The predicted molar refractivity (Wildman–Crippen MR) is 219 cm³/mol. The summed E-state index contributed by atoms with van der Waals surface area (Å²) in [4.78, 5) is 82.0. The van der Waals surface area contributed by atoms with Gasteiger partial charge in [-0.2, -0.15) is 0 Å². The van der Waals surface area contributed by atoms with Crippen LogP contribution in [0, 0.1) is 16.7 Å². The highest BCUT2D eigenvalue weighted by molar-refractivity contribution is 6.00. The molecule has 3 aromatic rings. The highest BCUT2D eigenvalue weighted by atomic mass is 16.6. The summed E-state index contributed by atoms with van der Waals surface area (Å²) in [5, 5.41) is 37.2. The van der Waals surface area contributed by atoms with Crippen LogP contribution in [0.25, 0.3) is 11.1 Å². The lowest BCUT2D eigenvalue weighted by Crippen LogP contribution is -2.82. The lowest BCUT2D eigenvalue weighted by atomic mass is 9.44. The van der Waals surface area contributed by atoms with E-state index in [0.717, 1.165) is 13.8 Å². The van der Waals surface area contributed by atoms with Crippen LogP contribution in [0.4, 0.5) is 0 Å². The zero-order chi connectivity index (χ0) is 45.1. The van der Waals surface area contributed by atoms with Crippen molar-refractivity contribution in [2.75, 3.05) is 6.61 Å². The van der Waals surface area contributed by atoms with E-state index in [4.69, 9.17) is 29.4 Å². The van der Waals surface area contributed by atoms with Crippen LogP contribution in [0.3, 0.4) is 0 Å². The van der Waals surface area contributed by atoms with Gasteiger partial charge < -0.3 is 44.7 Å². The smallest absolute Gasteiger partial charge is 0.338 e. The molecular weight excluding hydrogens is 803 g/mol. The molecule has 62 heavy (non-hydrogen) atoms. The standard InChI is InChI=1S/C47H51NO14/c1-24-33(60-43(56)32(51)20-28-16-10-11-17-29(28)30-18-12-13-19-31(30)41(48)54)22-47(57)40(61-42(55)27-14-8-7-9-15-27)38-45(6,34(52)21-35-46(38,23-58-35)62-26(3)50)39(53)37(59-25(2)49)36(24)44(47,4)5/h7-19,32-35,37-38,40,51-52,57H,20-23H2,1-6H3,(H2,48,54)/t32-,33+,34+,35-,37-,38+,40+,45-,46+,47-/m1/s1. The number of carbonyl (C=O) groups excluding carboxylic acids is 6. The van der Waals surface area contributed by atoms with E-state index >= 15 is 4.79 Å². The Morgan fingerprint density at radius 2 is 1.50 bits per heavy atom. The highest BCUT2D eigenvalue weighted by Gasteiger charge is 2.78. The van der Waals surface area contributed by atoms with E-state index in [0.29, 0.717) is 16.7 Å². The number of Topliss-reactive ketones (excluding diaryl/α,β-unsaturated/α-hetero) is 1. The van der Waals surface area contributed by atoms with Gasteiger partial charge in [0.05, 0.1) is 29.6 Å². The molecule has 15 nitrogen and oxygen atoms in total. The molecule has 2 saturated carbocycles. The molecule has 328 valence electrons. The molecule has 5 N–H and O–H groups in total. The summed E-state index contributed by atoms with van der Waals surface area (Å²) in [6, 6.07) is 21.3. The summed E-state index contributed by atoms with van der Waals surface area (Å²) >= 11 is 0. The number of benzene rings is 3. The van der Waals surface area contributed by atoms with Crippen molar-refractivity contribution in [2.24, 2.45) is 22.5 Å². The second-order valence-electron chi connectivity index (χ2n) is 17.5.